The molecule has 11 heteroatoms. The van der Waals surface area contributed by atoms with Gasteiger partial charge in [0.25, 0.3) is 0 Å². The van der Waals surface area contributed by atoms with Crippen LogP contribution in [0, 0.1) is 5.92 Å². The average molecular weight is 431 g/mol. The molecular formula is C19H33N3O8. The van der Waals surface area contributed by atoms with Gasteiger partial charge in [0.05, 0.1) is 19.6 Å². The van der Waals surface area contributed by atoms with Crippen LogP contribution in [0.15, 0.2) is 0 Å². The Morgan fingerprint density at radius 1 is 0.567 bits per heavy atom. The third-order valence-corrected chi connectivity index (χ3v) is 5.18. The van der Waals surface area contributed by atoms with Crippen molar-refractivity contribution in [2.75, 3.05) is 58.9 Å². The second-order valence-electron chi connectivity index (χ2n) is 7.76. The number of hydrogen-bond donors (Lipinski definition) is 4. The minimum absolute atomic E-state index is 0.0320. The predicted molar refractivity (Wildman–Crippen MR) is 106 cm³/mol. The molecule has 1 fully saturated rings. The fourth-order valence-corrected chi connectivity index (χ4v) is 3.75. The molecule has 0 radical (unpaired) electrons. The summed E-state index contributed by atoms with van der Waals surface area (Å²) in [5.74, 6) is -3.88. The number of hydrogen-bond acceptors (Lipinski definition) is 7. The summed E-state index contributed by atoms with van der Waals surface area (Å²) in [6, 6.07) is 0. The lowest BCUT2D eigenvalue weighted by Crippen LogP contribution is -2.44. The quantitative estimate of drug-likeness (QED) is 0.403. The van der Waals surface area contributed by atoms with Gasteiger partial charge in [-0.15, -0.1) is 0 Å². The van der Waals surface area contributed by atoms with Crippen LogP contribution in [0.5, 0.6) is 0 Å². The van der Waals surface area contributed by atoms with Gasteiger partial charge in [-0.25, -0.2) is 0 Å². The van der Waals surface area contributed by atoms with Gasteiger partial charge < -0.3 is 20.4 Å². The van der Waals surface area contributed by atoms with Crippen LogP contribution in [0.4, 0.5) is 0 Å². The van der Waals surface area contributed by atoms with Gasteiger partial charge >= 0.3 is 23.9 Å². The lowest BCUT2D eigenvalue weighted by molar-refractivity contribution is -0.140. The van der Waals surface area contributed by atoms with E-state index in [4.69, 9.17) is 20.4 Å². The summed E-state index contributed by atoms with van der Waals surface area (Å²) in [6.07, 6.45) is 2.59. The molecule has 0 aromatic carbocycles. The van der Waals surface area contributed by atoms with Crippen LogP contribution in [-0.2, 0) is 19.2 Å². The molecule has 1 rings (SSSR count). The second kappa shape index (κ2) is 13.9. The molecule has 1 saturated heterocycles. The van der Waals surface area contributed by atoms with Gasteiger partial charge in [-0.3, -0.25) is 33.9 Å². The summed E-state index contributed by atoms with van der Waals surface area (Å²) >= 11 is 0. The Kier molecular flexibility index (Phi) is 11.9. The number of nitrogens with zero attached hydrogens (tertiary/aromatic N) is 3. The van der Waals surface area contributed by atoms with E-state index in [1.54, 1.807) is 14.7 Å². The topological polar surface area (TPSA) is 159 Å². The number of rotatable bonds is 8. The number of carboxylic acid groups (broad SMARTS) is 4. The van der Waals surface area contributed by atoms with Crippen LogP contribution in [-0.4, -0.2) is 118 Å². The zero-order valence-electron chi connectivity index (χ0n) is 17.2. The predicted octanol–water partition coefficient (Wildman–Crippen LogP) is -0.189. The first-order chi connectivity index (χ1) is 14.2. The first kappa shape index (κ1) is 25.8. The monoisotopic (exact) mass is 431 g/mol. The van der Waals surface area contributed by atoms with Crippen molar-refractivity contribution in [3.8, 4) is 0 Å². The normalized spacial score (nSPS) is 19.7. The number of carbonyl (C=O) groups is 4. The van der Waals surface area contributed by atoms with Crippen molar-refractivity contribution >= 4 is 23.9 Å². The highest BCUT2D eigenvalue weighted by Gasteiger charge is 2.20. The van der Waals surface area contributed by atoms with E-state index in [2.05, 4.69) is 0 Å². The molecule has 0 unspecified atom stereocenters. The third kappa shape index (κ3) is 12.3. The molecule has 30 heavy (non-hydrogen) atoms. The Hall–Kier alpha value is -2.24. The Bertz CT molecular complexity index is 552. The molecule has 0 saturated carbocycles. The molecule has 0 atom stereocenters. The molecule has 0 amide bonds. The fourth-order valence-electron chi connectivity index (χ4n) is 3.75. The molecule has 0 aromatic rings. The summed E-state index contributed by atoms with van der Waals surface area (Å²) in [6.45, 7) is 1.86. The Labute approximate surface area is 175 Å². The van der Waals surface area contributed by atoms with E-state index in [9.17, 15) is 19.2 Å². The molecule has 0 bridgehead atoms. The maximum absolute atomic E-state index is 11.2. The van der Waals surface area contributed by atoms with Crippen molar-refractivity contribution in [1.82, 2.24) is 14.7 Å². The molecule has 0 aliphatic carbocycles. The van der Waals surface area contributed by atoms with Crippen molar-refractivity contribution < 1.29 is 39.6 Å². The first-order valence-electron chi connectivity index (χ1n) is 10.2. The van der Waals surface area contributed by atoms with E-state index in [1.165, 1.54) is 0 Å². The average Bonchev–Trinajstić information content (AvgIpc) is 2.60. The lowest BCUT2D eigenvalue weighted by atomic mass is 9.94. The summed E-state index contributed by atoms with van der Waals surface area (Å²) in [7, 11) is 0. The Balaban J connectivity index is 2.89. The van der Waals surface area contributed by atoms with E-state index in [0.717, 1.165) is 0 Å². The summed E-state index contributed by atoms with van der Waals surface area (Å²) < 4.78 is 0. The van der Waals surface area contributed by atoms with Gasteiger partial charge in [0, 0.05) is 32.6 Å². The highest BCUT2D eigenvalue weighted by atomic mass is 16.4. The highest BCUT2D eigenvalue weighted by Crippen LogP contribution is 2.19. The molecule has 0 aromatic heterocycles. The van der Waals surface area contributed by atoms with E-state index in [1.807, 2.05) is 0 Å². The zero-order chi connectivity index (χ0) is 22.5. The van der Waals surface area contributed by atoms with Gasteiger partial charge in [-0.05, 0) is 44.7 Å². The van der Waals surface area contributed by atoms with Gasteiger partial charge in [0.1, 0.15) is 0 Å². The molecule has 1 heterocycles. The van der Waals surface area contributed by atoms with Gasteiger partial charge in [0.2, 0.25) is 0 Å². The van der Waals surface area contributed by atoms with E-state index < -0.39 is 23.9 Å². The van der Waals surface area contributed by atoms with Crippen LogP contribution in [0.2, 0.25) is 0 Å². The molecule has 1 aliphatic rings. The second-order valence-corrected chi connectivity index (χ2v) is 7.76. The van der Waals surface area contributed by atoms with Crippen LogP contribution < -0.4 is 0 Å². The molecule has 0 spiro atoms. The molecule has 4 N–H and O–H groups in total. The molecule has 11 nitrogen and oxygen atoms in total. The third-order valence-electron chi connectivity index (χ3n) is 5.18. The maximum atomic E-state index is 11.2. The Morgan fingerprint density at radius 3 is 1.20 bits per heavy atom. The van der Waals surface area contributed by atoms with Crippen LogP contribution in [0.25, 0.3) is 0 Å². The molecule has 172 valence electrons. The fraction of sp³-hybridized carbons (Fsp3) is 0.789. The largest absolute Gasteiger partial charge is 0.481 e. The van der Waals surface area contributed by atoms with Gasteiger partial charge in [-0.1, -0.05) is 0 Å². The van der Waals surface area contributed by atoms with E-state index in [0.29, 0.717) is 65.0 Å². The lowest BCUT2D eigenvalue weighted by Gasteiger charge is -2.29. The minimum atomic E-state index is -0.998. The van der Waals surface area contributed by atoms with Crippen molar-refractivity contribution in [3.63, 3.8) is 0 Å². The molecule has 1 aliphatic heterocycles. The van der Waals surface area contributed by atoms with Crippen LogP contribution in [0.1, 0.15) is 32.1 Å². The Morgan fingerprint density at radius 2 is 0.900 bits per heavy atom. The van der Waals surface area contributed by atoms with Crippen molar-refractivity contribution in [1.29, 1.82) is 0 Å². The van der Waals surface area contributed by atoms with Crippen LogP contribution in [0.3, 0.4) is 0 Å². The highest BCUT2D eigenvalue weighted by molar-refractivity contribution is 5.70. The van der Waals surface area contributed by atoms with Gasteiger partial charge in [0.15, 0.2) is 0 Å². The first-order valence-corrected chi connectivity index (χ1v) is 10.2. The van der Waals surface area contributed by atoms with E-state index in [-0.39, 0.29) is 32.0 Å². The molecular weight excluding hydrogens is 398 g/mol. The van der Waals surface area contributed by atoms with Crippen molar-refractivity contribution in [3.05, 3.63) is 0 Å². The summed E-state index contributed by atoms with van der Waals surface area (Å²) in [5.41, 5.74) is 0. The van der Waals surface area contributed by atoms with E-state index >= 15 is 0 Å². The summed E-state index contributed by atoms with van der Waals surface area (Å²) in [5, 5.41) is 36.6. The number of carboxylic acids is 4. The minimum Gasteiger partial charge on any atom is -0.481 e. The smallest absolute Gasteiger partial charge is 0.317 e. The van der Waals surface area contributed by atoms with Gasteiger partial charge in [-0.2, -0.15) is 0 Å². The van der Waals surface area contributed by atoms with Crippen molar-refractivity contribution in [2.45, 2.75) is 32.1 Å². The SMILES string of the molecule is O=C(O)CC1CCCN(CC(=O)O)CCN(CC(=O)O)CCN(CC(=O)O)CCC1. The summed E-state index contributed by atoms with van der Waals surface area (Å²) in [4.78, 5) is 49.8. The standard InChI is InChI=1S/C19H33N3O8/c23-16(24)11-15-3-1-5-20(12-17(25)26)7-9-22(14-19(29)30)10-8-21(6-2-4-15)13-18(27)28/h15H,1-14H2,(H,23,24)(H,25,26)(H,27,28)(H,29,30). The number of aliphatic carboxylic acids is 4. The zero-order valence-corrected chi connectivity index (χ0v) is 17.2. The maximum Gasteiger partial charge on any atom is 0.317 e. The van der Waals surface area contributed by atoms with Crippen molar-refractivity contribution in [2.24, 2.45) is 5.92 Å². The van der Waals surface area contributed by atoms with Crippen LogP contribution >= 0.6 is 0 Å².